The maximum atomic E-state index is 13.3. The van der Waals surface area contributed by atoms with Gasteiger partial charge in [0.15, 0.2) is 0 Å². The van der Waals surface area contributed by atoms with E-state index in [9.17, 15) is 4.79 Å². The standard InChI is InChI=1S/C20H31ClN2O3/c1-13(2)19(23-10-14(3)26-15(4)11-23)20(24)22(5)12-16-9-17(21)7-8-18(16)25-6/h7-9,13-15,19H,10-12H2,1-6H3. The molecule has 1 amide bonds. The molecule has 5 nitrogen and oxygen atoms in total. The number of morpholine rings is 1. The van der Waals surface area contributed by atoms with E-state index >= 15 is 0 Å². The van der Waals surface area contributed by atoms with Crippen molar-refractivity contribution in [3.8, 4) is 5.75 Å². The number of ether oxygens (including phenoxy) is 2. The Morgan fingerprint density at radius 3 is 2.50 bits per heavy atom. The Hall–Kier alpha value is -1.30. The molecule has 0 radical (unpaired) electrons. The van der Waals surface area contributed by atoms with E-state index in [4.69, 9.17) is 21.1 Å². The Morgan fingerprint density at radius 1 is 1.35 bits per heavy atom. The average molecular weight is 383 g/mol. The van der Waals surface area contributed by atoms with Gasteiger partial charge in [0.1, 0.15) is 5.75 Å². The lowest BCUT2D eigenvalue weighted by Crippen LogP contribution is -2.57. The molecule has 1 aromatic carbocycles. The zero-order valence-corrected chi connectivity index (χ0v) is 17.4. The molecule has 2 rings (SSSR count). The number of carbonyl (C=O) groups excluding carboxylic acids is 1. The molecule has 1 saturated heterocycles. The SMILES string of the molecule is COc1ccc(Cl)cc1CN(C)C(=O)C(C(C)C)N1CC(C)OC(C)C1. The summed E-state index contributed by atoms with van der Waals surface area (Å²) < 4.78 is 11.2. The first kappa shape index (κ1) is 21.0. The van der Waals surface area contributed by atoms with E-state index < -0.39 is 0 Å². The van der Waals surface area contributed by atoms with Crippen LogP contribution in [0.3, 0.4) is 0 Å². The summed E-state index contributed by atoms with van der Waals surface area (Å²) in [6, 6.07) is 5.31. The van der Waals surface area contributed by atoms with Crippen LogP contribution < -0.4 is 4.74 Å². The summed E-state index contributed by atoms with van der Waals surface area (Å²) in [5, 5.41) is 0.637. The second-order valence-electron chi connectivity index (χ2n) is 7.55. The zero-order valence-electron chi connectivity index (χ0n) is 16.7. The van der Waals surface area contributed by atoms with Crippen LogP contribution in [-0.2, 0) is 16.1 Å². The molecule has 26 heavy (non-hydrogen) atoms. The Balaban J connectivity index is 2.17. The zero-order chi connectivity index (χ0) is 19.4. The van der Waals surface area contributed by atoms with Gasteiger partial charge in [0.2, 0.25) is 5.91 Å². The quantitative estimate of drug-likeness (QED) is 0.755. The fraction of sp³-hybridized carbons (Fsp3) is 0.650. The molecule has 0 spiro atoms. The Morgan fingerprint density at radius 2 is 1.96 bits per heavy atom. The van der Waals surface area contributed by atoms with Gasteiger partial charge in [0, 0.05) is 37.3 Å². The molecule has 3 unspecified atom stereocenters. The van der Waals surface area contributed by atoms with Gasteiger partial charge in [-0.1, -0.05) is 25.4 Å². The van der Waals surface area contributed by atoms with Crippen LogP contribution >= 0.6 is 11.6 Å². The van der Waals surface area contributed by atoms with Crippen molar-refractivity contribution in [1.29, 1.82) is 0 Å². The first-order valence-corrected chi connectivity index (χ1v) is 9.57. The summed E-state index contributed by atoms with van der Waals surface area (Å²) in [6.45, 7) is 10.3. The summed E-state index contributed by atoms with van der Waals surface area (Å²) in [4.78, 5) is 17.3. The molecule has 1 aliphatic heterocycles. The van der Waals surface area contributed by atoms with Crippen molar-refractivity contribution in [2.75, 3.05) is 27.2 Å². The second kappa shape index (κ2) is 9.07. The van der Waals surface area contributed by atoms with Crippen LogP contribution in [0.2, 0.25) is 5.02 Å². The summed E-state index contributed by atoms with van der Waals surface area (Å²) >= 11 is 6.12. The lowest BCUT2D eigenvalue weighted by molar-refractivity contribution is -0.144. The predicted octanol–water partition coefficient (Wildman–Crippen LogP) is 3.44. The monoisotopic (exact) mass is 382 g/mol. The highest BCUT2D eigenvalue weighted by Gasteiger charge is 2.35. The summed E-state index contributed by atoms with van der Waals surface area (Å²) in [5.74, 6) is 1.07. The van der Waals surface area contributed by atoms with Gasteiger partial charge in [-0.3, -0.25) is 9.69 Å². The van der Waals surface area contributed by atoms with Crippen molar-refractivity contribution in [1.82, 2.24) is 9.80 Å². The maximum absolute atomic E-state index is 13.3. The van der Waals surface area contributed by atoms with Crippen LogP contribution in [0.4, 0.5) is 0 Å². The Bertz CT molecular complexity index is 613. The molecule has 146 valence electrons. The molecule has 0 saturated carbocycles. The minimum Gasteiger partial charge on any atom is -0.496 e. The van der Waals surface area contributed by atoms with E-state index in [-0.39, 0.29) is 30.1 Å². The smallest absolute Gasteiger partial charge is 0.240 e. The molecule has 1 aliphatic rings. The van der Waals surface area contributed by atoms with Gasteiger partial charge >= 0.3 is 0 Å². The van der Waals surface area contributed by atoms with Crippen molar-refractivity contribution in [3.05, 3.63) is 28.8 Å². The number of hydrogen-bond acceptors (Lipinski definition) is 4. The molecule has 0 aromatic heterocycles. The molecule has 1 aromatic rings. The van der Waals surface area contributed by atoms with Gasteiger partial charge in [0.25, 0.3) is 0 Å². The van der Waals surface area contributed by atoms with Crippen LogP contribution in [0.5, 0.6) is 5.75 Å². The molecular formula is C20H31ClN2O3. The number of hydrogen-bond donors (Lipinski definition) is 0. The van der Waals surface area contributed by atoms with Gasteiger partial charge in [-0.25, -0.2) is 0 Å². The fourth-order valence-electron chi connectivity index (χ4n) is 3.74. The van der Waals surface area contributed by atoms with Crippen molar-refractivity contribution in [3.63, 3.8) is 0 Å². The van der Waals surface area contributed by atoms with E-state index in [1.54, 1.807) is 18.1 Å². The number of methoxy groups -OCH3 is 1. The first-order chi connectivity index (χ1) is 12.2. The third kappa shape index (κ3) is 5.12. The number of nitrogens with zero attached hydrogens (tertiary/aromatic N) is 2. The number of rotatable bonds is 6. The van der Waals surface area contributed by atoms with Crippen molar-refractivity contribution in [2.24, 2.45) is 5.92 Å². The highest BCUT2D eigenvalue weighted by molar-refractivity contribution is 6.30. The van der Waals surface area contributed by atoms with Gasteiger partial charge in [-0.15, -0.1) is 0 Å². The van der Waals surface area contributed by atoms with Crippen LogP contribution in [0.25, 0.3) is 0 Å². The molecule has 0 aliphatic carbocycles. The summed E-state index contributed by atoms with van der Waals surface area (Å²) in [7, 11) is 3.47. The predicted molar refractivity (Wildman–Crippen MR) is 105 cm³/mol. The molecule has 6 heteroatoms. The summed E-state index contributed by atoms with van der Waals surface area (Å²) in [5.41, 5.74) is 0.905. The third-order valence-electron chi connectivity index (χ3n) is 4.75. The van der Waals surface area contributed by atoms with Crippen molar-refractivity contribution >= 4 is 17.5 Å². The van der Waals surface area contributed by atoms with Crippen LogP contribution in [-0.4, -0.2) is 61.2 Å². The number of benzene rings is 1. The van der Waals surface area contributed by atoms with Gasteiger partial charge in [-0.05, 0) is 38.0 Å². The van der Waals surface area contributed by atoms with Gasteiger partial charge in [0.05, 0.1) is 25.4 Å². The molecule has 3 atom stereocenters. The van der Waals surface area contributed by atoms with E-state index in [0.29, 0.717) is 11.6 Å². The number of amides is 1. The molecule has 1 fully saturated rings. The van der Waals surface area contributed by atoms with E-state index in [2.05, 4.69) is 32.6 Å². The van der Waals surface area contributed by atoms with Crippen LogP contribution in [0.1, 0.15) is 33.3 Å². The van der Waals surface area contributed by atoms with Crippen molar-refractivity contribution in [2.45, 2.75) is 52.5 Å². The second-order valence-corrected chi connectivity index (χ2v) is 7.99. The van der Waals surface area contributed by atoms with E-state index in [1.165, 1.54) is 0 Å². The molecule has 0 bridgehead atoms. The Labute approximate surface area is 162 Å². The number of halogens is 1. The average Bonchev–Trinajstić information content (AvgIpc) is 2.53. The van der Waals surface area contributed by atoms with Crippen molar-refractivity contribution < 1.29 is 14.3 Å². The lowest BCUT2D eigenvalue weighted by atomic mass is 9.99. The van der Waals surface area contributed by atoms with E-state index in [1.807, 2.05) is 19.2 Å². The largest absolute Gasteiger partial charge is 0.496 e. The van der Waals surface area contributed by atoms with Crippen LogP contribution in [0, 0.1) is 5.92 Å². The van der Waals surface area contributed by atoms with Gasteiger partial charge in [-0.2, -0.15) is 0 Å². The highest BCUT2D eigenvalue weighted by Crippen LogP contribution is 2.25. The van der Waals surface area contributed by atoms with Crippen LogP contribution in [0.15, 0.2) is 18.2 Å². The first-order valence-electron chi connectivity index (χ1n) is 9.19. The lowest BCUT2D eigenvalue weighted by Gasteiger charge is -2.42. The minimum atomic E-state index is -0.168. The topological polar surface area (TPSA) is 42.0 Å². The maximum Gasteiger partial charge on any atom is 0.240 e. The minimum absolute atomic E-state index is 0.114. The molecular weight excluding hydrogens is 352 g/mol. The number of carbonyl (C=O) groups is 1. The molecule has 0 N–H and O–H groups in total. The fourth-order valence-corrected chi connectivity index (χ4v) is 3.93. The third-order valence-corrected chi connectivity index (χ3v) is 4.99. The highest BCUT2D eigenvalue weighted by atomic mass is 35.5. The summed E-state index contributed by atoms with van der Waals surface area (Å²) in [6.07, 6.45) is 0.261. The Kier molecular flexibility index (Phi) is 7.33. The number of likely N-dealkylation sites (N-methyl/N-ethyl adjacent to an activating group) is 1. The van der Waals surface area contributed by atoms with E-state index in [0.717, 1.165) is 24.4 Å². The van der Waals surface area contributed by atoms with Gasteiger partial charge < -0.3 is 14.4 Å². The molecule has 1 heterocycles. The normalized spacial score (nSPS) is 22.3.